The monoisotopic (exact) mass is 312 g/mol. The van der Waals surface area contributed by atoms with Crippen molar-refractivity contribution in [3.63, 3.8) is 0 Å². The Bertz CT molecular complexity index is 698. The number of anilines is 1. The van der Waals surface area contributed by atoms with Crippen molar-refractivity contribution in [2.75, 3.05) is 18.0 Å². The maximum absolute atomic E-state index is 12.5. The van der Waals surface area contributed by atoms with E-state index in [1.807, 2.05) is 0 Å². The zero-order chi connectivity index (χ0) is 15.6. The van der Waals surface area contributed by atoms with Crippen molar-refractivity contribution in [2.24, 2.45) is 0 Å². The first kappa shape index (κ1) is 14.2. The van der Waals surface area contributed by atoms with Crippen molar-refractivity contribution in [3.05, 3.63) is 35.5 Å². The zero-order valence-electron chi connectivity index (χ0n) is 13.0. The van der Waals surface area contributed by atoms with Crippen LogP contribution in [0.4, 0.5) is 5.82 Å². The molecule has 3 heterocycles. The molecular formula is C16H20N6O. The zero-order valence-corrected chi connectivity index (χ0v) is 13.0. The fraction of sp³-hybridized carbons (Fsp3) is 0.500. The second kappa shape index (κ2) is 5.98. The van der Waals surface area contributed by atoms with E-state index in [1.54, 1.807) is 18.6 Å². The number of piperidine rings is 1. The minimum atomic E-state index is -0.0598. The lowest BCUT2D eigenvalue weighted by molar-refractivity contribution is 0.0927. The molecule has 0 saturated carbocycles. The van der Waals surface area contributed by atoms with E-state index in [9.17, 15) is 4.79 Å². The van der Waals surface area contributed by atoms with Crippen LogP contribution in [-0.2, 0) is 12.8 Å². The van der Waals surface area contributed by atoms with Crippen LogP contribution >= 0.6 is 0 Å². The van der Waals surface area contributed by atoms with Crippen LogP contribution in [0.1, 0.15) is 41.0 Å². The summed E-state index contributed by atoms with van der Waals surface area (Å²) in [5, 5.41) is 10.3. The van der Waals surface area contributed by atoms with Crippen LogP contribution in [0.2, 0.25) is 0 Å². The molecule has 2 aromatic rings. The van der Waals surface area contributed by atoms with E-state index in [1.165, 1.54) is 0 Å². The maximum atomic E-state index is 12.5. The van der Waals surface area contributed by atoms with Crippen molar-refractivity contribution in [1.82, 2.24) is 25.5 Å². The van der Waals surface area contributed by atoms with Crippen LogP contribution in [-0.4, -0.2) is 45.2 Å². The average molecular weight is 312 g/mol. The summed E-state index contributed by atoms with van der Waals surface area (Å²) in [4.78, 5) is 23.2. The smallest absolute Gasteiger partial charge is 0.272 e. The van der Waals surface area contributed by atoms with Crippen LogP contribution in [0.5, 0.6) is 0 Å². The van der Waals surface area contributed by atoms with Gasteiger partial charge in [-0.25, -0.2) is 4.98 Å². The number of aryl methyl sites for hydroxylation is 1. The van der Waals surface area contributed by atoms with Gasteiger partial charge in [0.05, 0.1) is 6.20 Å². The Morgan fingerprint density at radius 3 is 3.13 bits per heavy atom. The lowest BCUT2D eigenvalue weighted by Gasteiger charge is -2.33. The van der Waals surface area contributed by atoms with E-state index < -0.39 is 0 Å². The highest BCUT2D eigenvalue weighted by Gasteiger charge is 2.27. The molecule has 1 aliphatic heterocycles. The van der Waals surface area contributed by atoms with Crippen molar-refractivity contribution in [2.45, 2.75) is 38.1 Å². The summed E-state index contributed by atoms with van der Waals surface area (Å²) in [6.45, 7) is 1.71. The molecule has 2 aromatic heterocycles. The fourth-order valence-electron chi connectivity index (χ4n) is 3.52. The topological polar surface area (TPSA) is 86.8 Å². The minimum Gasteiger partial charge on any atom is -0.353 e. The number of amides is 1. The Labute approximate surface area is 134 Å². The summed E-state index contributed by atoms with van der Waals surface area (Å²) in [6, 6.07) is 0.118. The predicted molar refractivity (Wildman–Crippen MR) is 85.3 cm³/mol. The number of nitrogens with zero attached hydrogens (tertiary/aromatic N) is 4. The highest BCUT2D eigenvalue weighted by Crippen LogP contribution is 2.23. The number of hydrogen-bond donors (Lipinski definition) is 2. The van der Waals surface area contributed by atoms with E-state index in [4.69, 9.17) is 0 Å². The van der Waals surface area contributed by atoms with Gasteiger partial charge in [-0.3, -0.25) is 14.9 Å². The van der Waals surface area contributed by atoms with Crippen LogP contribution in [0.25, 0.3) is 0 Å². The Morgan fingerprint density at radius 1 is 1.30 bits per heavy atom. The van der Waals surface area contributed by atoms with Crippen LogP contribution in [0.15, 0.2) is 18.6 Å². The molecule has 1 fully saturated rings. The molecule has 120 valence electrons. The molecule has 2 aliphatic rings. The summed E-state index contributed by atoms with van der Waals surface area (Å²) in [5.41, 5.74) is 2.80. The van der Waals surface area contributed by atoms with Gasteiger partial charge in [-0.05, 0) is 32.1 Å². The molecule has 23 heavy (non-hydrogen) atoms. The Kier molecular flexibility index (Phi) is 3.69. The molecule has 7 heteroatoms. The van der Waals surface area contributed by atoms with Gasteiger partial charge in [0, 0.05) is 42.8 Å². The molecule has 0 radical (unpaired) electrons. The molecule has 0 spiro atoms. The van der Waals surface area contributed by atoms with Gasteiger partial charge in [-0.1, -0.05) is 0 Å². The summed E-state index contributed by atoms with van der Waals surface area (Å²) >= 11 is 0. The number of carbonyl (C=O) groups is 1. The van der Waals surface area contributed by atoms with E-state index >= 15 is 0 Å². The summed E-state index contributed by atoms with van der Waals surface area (Å²) in [6.07, 6.45) is 10.2. The predicted octanol–water partition coefficient (Wildman–Crippen LogP) is 1.09. The third-order valence-corrected chi connectivity index (χ3v) is 4.65. The first-order chi connectivity index (χ1) is 11.3. The van der Waals surface area contributed by atoms with Gasteiger partial charge < -0.3 is 10.2 Å². The number of rotatable bonds is 3. The highest BCUT2D eigenvalue weighted by molar-refractivity contribution is 5.94. The molecule has 1 amide bonds. The quantitative estimate of drug-likeness (QED) is 0.886. The van der Waals surface area contributed by atoms with Crippen molar-refractivity contribution in [3.8, 4) is 0 Å². The van der Waals surface area contributed by atoms with Gasteiger partial charge in [0.1, 0.15) is 5.82 Å². The van der Waals surface area contributed by atoms with Crippen molar-refractivity contribution < 1.29 is 4.79 Å². The molecule has 2 N–H and O–H groups in total. The van der Waals surface area contributed by atoms with Crippen molar-refractivity contribution in [1.29, 1.82) is 0 Å². The Hall–Kier alpha value is -2.44. The molecule has 0 bridgehead atoms. The number of aromatic amines is 1. The number of aromatic nitrogens is 4. The van der Waals surface area contributed by atoms with Gasteiger partial charge in [-0.15, -0.1) is 0 Å². The number of H-pyrrole nitrogens is 1. The second-order valence-corrected chi connectivity index (χ2v) is 6.21. The van der Waals surface area contributed by atoms with Gasteiger partial charge in [0.2, 0.25) is 0 Å². The third-order valence-electron chi connectivity index (χ3n) is 4.65. The molecule has 1 saturated heterocycles. The summed E-state index contributed by atoms with van der Waals surface area (Å²) in [7, 11) is 0. The first-order valence-corrected chi connectivity index (χ1v) is 8.19. The SMILES string of the molecule is O=C(N[C@@H]1CCCN(c2cnccn2)C1)c1n[nH]c2c1CCC2. The number of fused-ring (bicyclic) bond motifs is 1. The maximum Gasteiger partial charge on any atom is 0.272 e. The lowest BCUT2D eigenvalue weighted by Crippen LogP contribution is -2.48. The van der Waals surface area contributed by atoms with E-state index in [-0.39, 0.29) is 11.9 Å². The highest BCUT2D eigenvalue weighted by atomic mass is 16.2. The third kappa shape index (κ3) is 2.78. The summed E-state index contributed by atoms with van der Waals surface area (Å²) < 4.78 is 0. The summed E-state index contributed by atoms with van der Waals surface area (Å²) in [5.74, 6) is 0.808. The molecule has 1 atom stereocenters. The fourth-order valence-corrected chi connectivity index (χ4v) is 3.52. The number of nitrogens with one attached hydrogen (secondary N) is 2. The number of carbonyl (C=O) groups excluding carboxylic acids is 1. The first-order valence-electron chi connectivity index (χ1n) is 8.19. The van der Waals surface area contributed by atoms with Gasteiger partial charge in [0.15, 0.2) is 5.69 Å². The lowest BCUT2D eigenvalue weighted by atomic mass is 10.1. The van der Waals surface area contributed by atoms with E-state index in [2.05, 4.69) is 30.4 Å². The molecule has 0 aromatic carbocycles. The van der Waals surface area contributed by atoms with Crippen molar-refractivity contribution >= 4 is 11.7 Å². The van der Waals surface area contributed by atoms with E-state index in [0.717, 1.165) is 62.3 Å². The standard InChI is InChI=1S/C16H20N6O/c23-16(15-12-4-1-5-13(12)20-21-15)19-11-3-2-8-22(10-11)14-9-17-6-7-18-14/h6-7,9,11H,1-5,8,10H2,(H,19,23)(H,20,21)/t11-/m1/s1. The van der Waals surface area contributed by atoms with E-state index in [0.29, 0.717) is 5.69 Å². The largest absolute Gasteiger partial charge is 0.353 e. The Balaban J connectivity index is 1.43. The average Bonchev–Trinajstić information content (AvgIpc) is 3.19. The molecule has 4 rings (SSSR count). The van der Waals surface area contributed by atoms with Gasteiger partial charge in [-0.2, -0.15) is 5.10 Å². The molecule has 1 aliphatic carbocycles. The minimum absolute atomic E-state index is 0.0598. The molecule has 0 unspecified atom stereocenters. The van der Waals surface area contributed by atoms with Gasteiger partial charge in [0.25, 0.3) is 5.91 Å². The normalized spacial score (nSPS) is 20.3. The second-order valence-electron chi connectivity index (χ2n) is 6.21. The molecular weight excluding hydrogens is 292 g/mol. The van der Waals surface area contributed by atoms with Crippen LogP contribution in [0, 0.1) is 0 Å². The van der Waals surface area contributed by atoms with Crippen LogP contribution in [0.3, 0.4) is 0 Å². The van der Waals surface area contributed by atoms with Crippen LogP contribution < -0.4 is 10.2 Å². The van der Waals surface area contributed by atoms with Gasteiger partial charge >= 0.3 is 0 Å². The number of hydrogen-bond acceptors (Lipinski definition) is 5. The molecule has 7 nitrogen and oxygen atoms in total. The Morgan fingerprint density at radius 2 is 2.26 bits per heavy atom.